The third-order valence-corrected chi connectivity index (χ3v) is 9.23. The van der Waals surface area contributed by atoms with Gasteiger partial charge < -0.3 is 9.64 Å². The zero-order valence-electron chi connectivity index (χ0n) is 25.3. The minimum Gasteiger partial charge on any atom is -0.463 e. The van der Waals surface area contributed by atoms with E-state index in [9.17, 15) is 0 Å². The number of hydrogen-bond acceptors (Lipinski definition) is 6. The lowest BCUT2D eigenvalue weighted by Crippen LogP contribution is -2.58. The largest absolute Gasteiger partial charge is 0.463 e. The molecule has 2 aliphatic heterocycles. The third-order valence-electron chi connectivity index (χ3n) is 9.23. The van der Waals surface area contributed by atoms with Crippen LogP contribution in [0.25, 0.3) is 51.1 Å². The van der Waals surface area contributed by atoms with Gasteiger partial charge in [-0.2, -0.15) is 0 Å². The maximum absolute atomic E-state index is 7.00. The van der Waals surface area contributed by atoms with Crippen LogP contribution in [-0.4, -0.2) is 32.7 Å². The van der Waals surface area contributed by atoms with Gasteiger partial charge in [0.2, 0.25) is 5.72 Å². The summed E-state index contributed by atoms with van der Waals surface area (Å²) >= 11 is 0. The number of nitrogens with zero attached hydrogens (tertiary/aromatic N) is 5. The highest BCUT2D eigenvalue weighted by molar-refractivity contribution is 5.79. The molecule has 1 spiro atoms. The van der Waals surface area contributed by atoms with Crippen molar-refractivity contribution in [2.24, 2.45) is 0 Å². The molecule has 6 heterocycles. The average molecular weight is 586 g/mol. The minimum absolute atomic E-state index is 0.348. The first-order chi connectivity index (χ1) is 21.9. The Labute approximate surface area is 262 Å². The molecule has 8 rings (SSSR count). The molecule has 0 aliphatic carbocycles. The molecule has 45 heavy (non-hydrogen) atoms. The van der Waals surface area contributed by atoms with E-state index in [0.717, 1.165) is 62.0 Å². The molecule has 0 radical (unpaired) electrons. The van der Waals surface area contributed by atoms with Crippen molar-refractivity contribution in [2.75, 3.05) is 11.9 Å². The van der Waals surface area contributed by atoms with Crippen molar-refractivity contribution in [3.8, 4) is 50.8 Å². The van der Waals surface area contributed by atoms with Crippen molar-refractivity contribution in [1.82, 2.24) is 19.9 Å². The maximum atomic E-state index is 7.00. The van der Waals surface area contributed by atoms with Gasteiger partial charge >= 0.3 is 0 Å². The number of hydrogen-bond donors (Lipinski definition) is 0. The molecule has 0 N–H and O–H groups in total. The second-order valence-corrected chi connectivity index (χ2v) is 12.1. The van der Waals surface area contributed by atoms with E-state index in [0.29, 0.717) is 0 Å². The molecule has 6 aromatic rings. The third kappa shape index (κ3) is 4.32. The fourth-order valence-corrected chi connectivity index (χ4v) is 6.70. The summed E-state index contributed by atoms with van der Waals surface area (Å²) in [7, 11) is 2.12. The standard InChI is InChI=1S/C39H31N5O/c1-38(2)31-23-27(29-16-21-43-35(25-29)33-9-5-7-19-41-33)10-12-36(31)44(3)39(38)17-14-30-22-26(11-13-37(30)45-39)28-15-20-42-34(24-28)32-8-4-6-18-40-32/h4-25H,1-3H3. The molecule has 2 aliphatic rings. The molecule has 218 valence electrons. The Morgan fingerprint density at radius 2 is 1.16 bits per heavy atom. The molecule has 4 aromatic heterocycles. The van der Waals surface area contributed by atoms with E-state index in [2.05, 4.69) is 112 Å². The number of aromatic nitrogens is 4. The second-order valence-electron chi connectivity index (χ2n) is 12.1. The normalized spacial score (nSPS) is 17.5. The Hall–Kier alpha value is -5.62. The maximum Gasteiger partial charge on any atom is 0.211 e. The lowest BCUT2D eigenvalue weighted by molar-refractivity contribution is 0.0582. The van der Waals surface area contributed by atoms with Crippen molar-refractivity contribution >= 4 is 11.8 Å². The number of benzene rings is 2. The predicted octanol–water partition coefficient (Wildman–Crippen LogP) is 8.46. The number of anilines is 1. The topological polar surface area (TPSA) is 64.0 Å². The van der Waals surface area contributed by atoms with Crippen LogP contribution in [0, 0.1) is 0 Å². The van der Waals surface area contributed by atoms with Crippen LogP contribution in [0.2, 0.25) is 0 Å². The van der Waals surface area contributed by atoms with Crippen molar-refractivity contribution in [3.63, 3.8) is 0 Å². The summed E-state index contributed by atoms with van der Waals surface area (Å²) in [4.78, 5) is 20.4. The molecular weight excluding hydrogens is 554 g/mol. The molecule has 6 nitrogen and oxygen atoms in total. The molecule has 6 heteroatoms. The van der Waals surface area contributed by atoms with Crippen LogP contribution in [0.4, 0.5) is 5.69 Å². The van der Waals surface area contributed by atoms with Crippen molar-refractivity contribution in [3.05, 3.63) is 139 Å². The van der Waals surface area contributed by atoms with Crippen molar-refractivity contribution in [1.29, 1.82) is 0 Å². The van der Waals surface area contributed by atoms with Crippen LogP contribution in [0.15, 0.2) is 128 Å². The molecule has 0 fully saturated rings. The van der Waals surface area contributed by atoms with Gasteiger partial charge in [-0.1, -0.05) is 24.3 Å². The number of pyridine rings is 4. The second kappa shape index (κ2) is 10.2. The summed E-state index contributed by atoms with van der Waals surface area (Å²) in [6.07, 6.45) is 11.7. The molecule has 0 saturated heterocycles. The van der Waals surface area contributed by atoms with Crippen LogP contribution in [0.5, 0.6) is 5.75 Å². The highest BCUT2D eigenvalue weighted by Gasteiger charge is 2.57. The average Bonchev–Trinajstić information content (AvgIpc) is 3.26. The van der Waals surface area contributed by atoms with E-state index >= 15 is 0 Å². The minimum atomic E-state index is -0.678. The summed E-state index contributed by atoms with van der Waals surface area (Å²) < 4.78 is 7.00. The van der Waals surface area contributed by atoms with Crippen molar-refractivity contribution in [2.45, 2.75) is 25.0 Å². The van der Waals surface area contributed by atoms with Gasteiger partial charge in [-0.15, -0.1) is 0 Å². The summed E-state index contributed by atoms with van der Waals surface area (Å²) in [6.45, 7) is 4.54. The van der Waals surface area contributed by atoms with E-state index in [1.807, 2.05) is 54.9 Å². The number of fused-ring (bicyclic) bond motifs is 2. The van der Waals surface area contributed by atoms with Crippen molar-refractivity contribution < 1.29 is 4.74 Å². The van der Waals surface area contributed by atoms with E-state index in [1.165, 1.54) is 5.56 Å². The predicted molar refractivity (Wildman–Crippen MR) is 180 cm³/mol. The molecule has 2 aromatic carbocycles. The Balaban J connectivity index is 1.12. The zero-order chi connectivity index (χ0) is 30.6. The lowest BCUT2D eigenvalue weighted by Gasteiger charge is -2.45. The first kappa shape index (κ1) is 27.0. The van der Waals surface area contributed by atoms with Gasteiger partial charge in [0.1, 0.15) is 5.75 Å². The zero-order valence-corrected chi connectivity index (χ0v) is 25.3. The van der Waals surface area contributed by atoms with Crippen LogP contribution in [0.3, 0.4) is 0 Å². The first-order valence-electron chi connectivity index (χ1n) is 15.1. The summed E-state index contributed by atoms with van der Waals surface area (Å²) in [6, 6.07) is 33.1. The Morgan fingerprint density at radius 1 is 0.578 bits per heavy atom. The summed E-state index contributed by atoms with van der Waals surface area (Å²) in [5.41, 5.74) is 10.3. The van der Waals surface area contributed by atoms with E-state index < -0.39 is 5.72 Å². The van der Waals surface area contributed by atoms with E-state index in [-0.39, 0.29) is 5.41 Å². The fraction of sp³-hybridized carbons (Fsp3) is 0.128. The number of rotatable bonds is 4. The molecule has 0 saturated carbocycles. The van der Waals surface area contributed by atoms with Gasteiger partial charge in [0.15, 0.2) is 0 Å². The molecular formula is C39H31N5O. The van der Waals surface area contributed by atoms with Gasteiger partial charge in [0.25, 0.3) is 0 Å². The van der Waals surface area contributed by atoms with E-state index in [4.69, 9.17) is 4.74 Å². The Morgan fingerprint density at radius 3 is 1.78 bits per heavy atom. The van der Waals surface area contributed by atoms with Crippen LogP contribution < -0.4 is 9.64 Å². The van der Waals surface area contributed by atoms with Crippen LogP contribution in [0.1, 0.15) is 25.0 Å². The van der Waals surface area contributed by atoms with Gasteiger partial charge in [0, 0.05) is 43.1 Å². The SMILES string of the molecule is CN1c2ccc(-c3ccnc(-c4ccccn4)c3)cc2C(C)(C)C12C=Cc1cc(-c3ccnc(-c4ccccn4)c3)ccc1O2. The molecule has 0 amide bonds. The Bertz CT molecular complexity index is 2090. The van der Waals surface area contributed by atoms with Crippen LogP contribution >= 0.6 is 0 Å². The fourth-order valence-electron chi connectivity index (χ4n) is 6.70. The number of ether oxygens (including phenoxy) is 1. The quantitative estimate of drug-likeness (QED) is 0.207. The molecule has 1 atom stereocenters. The summed E-state index contributed by atoms with van der Waals surface area (Å²) in [5, 5.41) is 0. The highest BCUT2D eigenvalue weighted by Crippen LogP contribution is 2.55. The summed E-state index contributed by atoms with van der Waals surface area (Å²) in [5.74, 6) is 0.863. The van der Waals surface area contributed by atoms with E-state index in [1.54, 1.807) is 12.4 Å². The van der Waals surface area contributed by atoms with Gasteiger partial charge in [-0.3, -0.25) is 19.9 Å². The van der Waals surface area contributed by atoms with Gasteiger partial charge in [-0.05, 0) is 127 Å². The first-order valence-corrected chi connectivity index (χ1v) is 15.1. The highest BCUT2D eigenvalue weighted by atomic mass is 16.5. The smallest absolute Gasteiger partial charge is 0.211 e. The van der Waals surface area contributed by atoms with Crippen LogP contribution in [-0.2, 0) is 5.41 Å². The molecule has 1 unspecified atom stereocenters. The van der Waals surface area contributed by atoms with Gasteiger partial charge in [0.05, 0.1) is 28.2 Å². The van der Waals surface area contributed by atoms with Gasteiger partial charge in [-0.25, -0.2) is 0 Å². The number of likely N-dealkylation sites (N-methyl/N-ethyl adjacent to an activating group) is 1. The lowest BCUT2D eigenvalue weighted by atomic mass is 9.75. The molecule has 0 bridgehead atoms. The monoisotopic (exact) mass is 585 g/mol. The Kier molecular flexibility index (Phi) is 6.13.